The number of hydrogen-bond donors (Lipinski definition) is 1. The van der Waals surface area contributed by atoms with Gasteiger partial charge in [-0.3, -0.25) is 9.69 Å². The molecular formula is C21H24N2O2. The van der Waals surface area contributed by atoms with Gasteiger partial charge in [-0.05, 0) is 37.3 Å². The van der Waals surface area contributed by atoms with E-state index in [0.717, 1.165) is 19.4 Å². The summed E-state index contributed by atoms with van der Waals surface area (Å²) in [6.07, 6.45) is 4.45. The molecule has 1 aromatic heterocycles. The second-order valence-corrected chi connectivity index (χ2v) is 7.69. The molecule has 0 saturated carbocycles. The van der Waals surface area contributed by atoms with Crippen molar-refractivity contribution < 1.29 is 9.53 Å². The van der Waals surface area contributed by atoms with E-state index in [1.54, 1.807) is 0 Å². The Morgan fingerprint density at radius 3 is 3.04 bits per heavy atom. The van der Waals surface area contributed by atoms with E-state index in [-0.39, 0.29) is 5.97 Å². The van der Waals surface area contributed by atoms with Gasteiger partial charge in [0.25, 0.3) is 0 Å². The zero-order chi connectivity index (χ0) is 17.1. The second kappa shape index (κ2) is 5.46. The number of hydrogen-bond acceptors (Lipinski definition) is 3. The van der Waals surface area contributed by atoms with Crippen molar-refractivity contribution in [2.24, 2.45) is 11.8 Å². The maximum absolute atomic E-state index is 11.4. The van der Waals surface area contributed by atoms with Crippen LogP contribution in [0.2, 0.25) is 0 Å². The number of piperidine rings is 3. The van der Waals surface area contributed by atoms with Crippen molar-refractivity contribution in [3.05, 3.63) is 47.2 Å². The highest BCUT2D eigenvalue weighted by atomic mass is 16.5. The highest BCUT2D eigenvalue weighted by Gasteiger charge is 2.53. The van der Waals surface area contributed by atoms with Gasteiger partial charge >= 0.3 is 5.97 Å². The molecule has 5 heterocycles. The number of esters is 1. The lowest BCUT2D eigenvalue weighted by Gasteiger charge is -2.58. The van der Waals surface area contributed by atoms with Crippen molar-refractivity contribution in [1.82, 2.24) is 9.88 Å². The predicted molar refractivity (Wildman–Crippen MR) is 97.2 cm³/mol. The minimum Gasteiger partial charge on any atom is -0.465 e. The monoisotopic (exact) mass is 336 g/mol. The molecule has 0 amide bonds. The van der Waals surface area contributed by atoms with Gasteiger partial charge in [0.05, 0.1) is 12.6 Å². The number of carbonyl (C=O) groups excluding carboxylic acids is 1. The average molecular weight is 336 g/mol. The normalized spacial score (nSPS) is 34.3. The first-order chi connectivity index (χ1) is 12.2. The van der Waals surface area contributed by atoms with Crippen LogP contribution >= 0.6 is 0 Å². The Labute approximate surface area is 147 Å². The number of benzene rings is 1. The summed E-state index contributed by atoms with van der Waals surface area (Å²) in [5.41, 5.74) is 5.67. The minimum atomic E-state index is -0.168. The predicted octanol–water partition coefficient (Wildman–Crippen LogP) is 3.59. The standard InChI is InChI=1S/C21H24N2O2/c1-3-13-10-23-19-9-16-14-6-4-5-7-18(14)22-21(16)20(23)8-15(13)17(19)11-25-12(2)24/h3-7,15,17,19-20,22H,8-11H2,1-2H3/b13-3-/t15-,17+,19-,20-/m0/s1. The molecule has 4 nitrogen and oxygen atoms in total. The Hall–Kier alpha value is -2.07. The van der Waals surface area contributed by atoms with Crippen molar-refractivity contribution in [3.63, 3.8) is 0 Å². The SMILES string of the molecule is C/C=C1/CN2[C@H]3C[C@@H]1[C@@H](COC(C)=O)[C@@H]2Cc1c3[nH]c2ccccc12. The lowest BCUT2D eigenvalue weighted by molar-refractivity contribution is -0.146. The van der Waals surface area contributed by atoms with E-state index in [1.807, 2.05) is 0 Å². The van der Waals surface area contributed by atoms with Gasteiger partial charge < -0.3 is 9.72 Å². The molecule has 0 aliphatic carbocycles. The van der Waals surface area contributed by atoms with Crippen molar-refractivity contribution in [2.75, 3.05) is 13.2 Å². The molecule has 1 unspecified atom stereocenters. The first-order valence-electron chi connectivity index (χ1n) is 9.31. The van der Waals surface area contributed by atoms with Crippen LogP contribution in [-0.4, -0.2) is 35.0 Å². The fourth-order valence-electron chi connectivity index (χ4n) is 5.51. The Morgan fingerprint density at radius 1 is 1.40 bits per heavy atom. The van der Waals surface area contributed by atoms with Crippen LogP contribution in [0.4, 0.5) is 0 Å². The first-order valence-corrected chi connectivity index (χ1v) is 9.31. The number of aromatic amines is 1. The number of nitrogens with zero attached hydrogens (tertiary/aromatic N) is 1. The van der Waals surface area contributed by atoms with E-state index in [4.69, 9.17) is 4.74 Å². The molecule has 1 N–H and O–H groups in total. The molecule has 4 bridgehead atoms. The summed E-state index contributed by atoms with van der Waals surface area (Å²) in [4.78, 5) is 17.8. The quantitative estimate of drug-likeness (QED) is 0.673. The summed E-state index contributed by atoms with van der Waals surface area (Å²) in [5.74, 6) is 0.768. The molecule has 3 saturated heterocycles. The number of aromatic nitrogens is 1. The molecule has 4 aliphatic rings. The van der Waals surface area contributed by atoms with Crippen LogP contribution in [0.3, 0.4) is 0 Å². The molecule has 6 rings (SSSR count). The molecule has 2 aromatic rings. The van der Waals surface area contributed by atoms with Crippen LogP contribution < -0.4 is 0 Å². The largest absolute Gasteiger partial charge is 0.465 e. The maximum atomic E-state index is 11.4. The molecule has 130 valence electrons. The highest BCUT2D eigenvalue weighted by molar-refractivity contribution is 5.85. The van der Waals surface area contributed by atoms with Crippen molar-refractivity contribution in [1.29, 1.82) is 0 Å². The molecule has 4 aliphatic heterocycles. The molecule has 0 spiro atoms. The number of carbonyl (C=O) groups is 1. The lowest BCUT2D eigenvalue weighted by atomic mass is 9.64. The Kier molecular flexibility index (Phi) is 3.32. The molecule has 0 radical (unpaired) electrons. The highest BCUT2D eigenvalue weighted by Crippen LogP contribution is 2.54. The minimum absolute atomic E-state index is 0.168. The summed E-state index contributed by atoms with van der Waals surface area (Å²) in [6, 6.07) is 9.59. The number of nitrogens with one attached hydrogen (secondary N) is 1. The summed E-state index contributed by atoms with van der Waals surface area (Å²) >= 11 is 0. The van der Waals surface area contributed by atoms with Gasteiger partial charge in [-0.2, -0.15) is 0 Å². The van der Waals surface area contributed by atoms with Crippen LogP contribution in [0.5, 0.6) is 0 Å². The first kappa shape index (κ1) is 15.2. The number of rotatable bonds is 2. The summed E-state index contributed by atoms with van der Waals surface area (Å²) in [7, 11) is 0. The maximum Gasteiger partial charge on any atom is 0.302 e. The summed E-state index contributed by atoms with van der Waals surface area (Å²) in [5, 5.41) is 1.36. The Morgan fingerprint density at radius 2 is 2.24 bits per heavy atom. The van der Waals surface area contributed by atoms with Gasteiger partial charge in [-0.25, -0.2) is 0 Å². The third-order valence-corrected chi connectivity index (χ3v) is 6.60. The average Bonchev–Trinajstić information content (AvgIpc) is 2.99. The van der Waals surface area contributed by atoms with E-state index < -0.39 is 0 Å². The van der Waals surface area contributed by atoms with Crippen molar-refractivity contribution in [3.8, 4) is 0 Å². The second-order valence-electron chi connectivity index (χ2n) is 7.69. The van der Waals surface area contributed by atoms with Gasteiger partial charge in [0.1, 0.15) is 0 Å². The topological polar surface area (TPSA) is 45.3 Å². The van der Waals surface area contributed by atoms with Gasteiger partial charge in [0.2, 0.25) is 0 Å². The summed E-state index contributed by atoms with van der Waals surface area (Å²) in [6.45, 7) is 5.26. The van der Waals surface area contributed by atoms with Gasteiger partial charge in [-0.15, -0.1) is 0 Å². The molecule has 25 heavy (non-hydrogen) atoms. The Balaban J connectivity index is 1.59. The van der Waals surface area contributed by atoms with Crippen molar-refractivity contribution >= 4 is 16.9 Å². The smallest absolute Gasteiger partial charge is 0.302 e. The van der Waals surface area contributed by atoms with E-state index in [9.17, 15) is 4.79 Å². The zero-order valence-electron chi connectivity index (χ0n) is 14.8. The number of para-hydroxylation sites is 1. The van der Waals surface area contributed by atoms with E-state index in [1.165, 1.54) is 34.7 Å². The third-order valence-electron chi connectivity index (χ3n) is 6.60. The van der Waals surface area contributed by atoms with Crippen molar-refractivity contribution in [2.45, 2.75) is 38.8 Å². The number of fused-ring (bicyclic) bond motifs is 4. The molecule has 4 heteroatoms. The van der Waals surface area contributed by atoms with Crippen LogP contribution in [0.15, 0.2) is 35.9 Å². The van der Waals surface area contributed by atoms with Gasteiger partial charge in [-0.1, -0.05) is 29.8 Å². The third kappa shape index (κ3) is 2.13. The van der Waals surface area contributed by atoms with E-state index in [2.05, 4.69) is 47.1 Å². The zero-order valence-corrected chi connectivity index (χ0v) is 14.8. The molecular weight excluding hydrogens is 312 g/mol. The fourth-order valence-corrected chi connectivity index (χ4v) is 5.51. The molecule has 1 aromatic carbocycles. The van der Waals surface area contributed by atoms with Crippen LogP contribution in [-0.2, 0) is 16.0 Å². The van der Waals surface area contributed by atoms with Gasteiger partial charge in [0.15, 0.2) is 0 Å². The number of allylic oxidation sites excluding steroid dienone is 1. The number of H-pyrrole nitrogens is 1. The van der Waals surface area contributed by atoms with E-state index >= 15 is 0 Å². The molecule has 3 fully saturated rings. The van der Waals surface area contributed by atoms with Gasteiger partial charge in [0, 0.05) is 42.0 Å². The van der Waals surface area contributed by atoms with Crippen LogP contribution in [0.1, 0.15) is 37.6 Å². The van der Waals surface area contributed by atoms with Crippen LogP contribution in [0, 0.1) is 11.8 Å². The molecule has 5 atom stereocenters. The fraction of sp³-hybridized carbons (Fsp3) is 0.476. The Bertz CT molecular complexity index is 881. The number of ether oxygens (including phenoxy) is 1. The lowest BCUT2D eigenvalue weighted by Crippen LogP contribution is -2.61. The van der Waals surface area contributed by atoms with E-state index in [0.29, 0.717) is 30.5 Å². The van der Waals surface area contributed by atoms with Crippen LogP contribution in [0.25, 0.3) is 10.9 Å². The summed E-state index contributed by atoms with van der Waals surface area (Å²) < 4.78 is 5.47.